The molecule has 0 heterocycles. The summed E-state index contributed by atoms with van der Waals surface area (Å²) in [4.78, 5) is 11.5. The second-order valence-corrected chi connectivity index (χ2v) is 7.73. The normalized spacial score (nSPS) is 11.1. The van der Waals surface area contributed by atoms with Crippen molar-refractivity contribution < 1.29 is 28.5 Å². The number of alkyl carbamates (subject to hydrolysis) is 1. The number of nitrogens with one attached hydrogen (secondary N) is 1. The van der Waals surface area contributed by atoms with Crippen molar-refractivity contribution in [3.8, 4) is 17.2 Å². The number of anilines is 1. The summed E-state index contributed by atoms with van der Waals surface area (Å²) < 4.78 is 27.2. The highest BCUT2D eigenvalue weighted by molar-refractivity contribution is 5.68. The zero-order chi connectivity index (χ0) is 22.5. The van der Waals surface area contributed by atoms with Crippen LogP contribution in [0, 0.1) is 0 Å². The Hall–Kier alpha value is -2.97. The van der Waals surface area contributed by atoms with Gasteiger partial charge < -0.3 is 34.7 Å². The summed E-state index contributed by atoms with van der Waals surface area (Å²) in [6.07, 6.45) is -0.450. The molecule has 0 atom stereocenters. The van der Waals surface area contributed by atoms with Crippen molar-refractivity contribution in [2.45, 2.75) is 26.3 Å². The molecular formula is C23H32N2O6. The average Bonchev–Trinajstić information content (AvgIpc) is 2.71. The zero-order valence-corrected chi connectivity index (χ0v) is 18.4. The van der Waals surface area contributed by atoms with Crippen LogP contribution in [0.15, 0.2) is 48.5 Å². The Bertz CT molecular complexity index is 772. The number of benzene rings is 2. The lowest BCUT2D eigenvalue weighted by molar-refractivity contribution is 0.0202. The summed E-state index contributed by atoms with van der Waals surface area (Å²) in [6, 6.07) is 14.6. The maximum atomic E-state index is 11.5. The third-order valence-electron chi connectivity index (χ3n) is 3.75. The van der Waals surface area contributed by atoms with Gasteiger partial charge in [0.1, 0.15) is 30.5 Å². The van der Waals surface area contributed by atoms with Crippen LogP contribution in [0.1, 0.15) is 20.8 Å². The molecular weight excluding hydrogens is 400 g/mol. The van der Waals surface area contributed by atoms with Crippen molar-refractivity contribution in [3.05, 3.63) is 48.5 Å². The van der Waals surface area contributed by atoms with Crippen molar-refractivity contribution in [3.63, 3.8) is 0 Å². The summed E-state index contributed by atoms with van der Waals surface area (Å²) in [5, 5.41) is 2.71. The summed E-state index contributed by atoms with van der Waals surface area (Å²) in [5.41, 5.74) is 6.04. The number of hydrogen-bond acceptors (Lipinski definition) is 7. The molecule has 0 saturated carbocycles. The smallest absolute Gasteiger partial charge is 0.407 e. The molecule has 0 aliphatic carbocycles. The molecule has 0 aliphatic rings. The van der Waals surface area contributed by atoms with E-state index in [1.165, 1.54) is 0 Å². The van der Waals surface area contributed by atoms with Crippen LogP contribution < -0.4 is 20.5 Å². The van der Waals surface area contributed by atoms with E-state index in [-0.39, 0.29) is 12.1 Å². The highest BCUT2D eigenvalue weighted by atomic mass is 16.6. The number of carbonyl (C=O) groups excluding carboxylic acids is 1. The number of hydrogen-bond donors (Lipinski definition) is 2. The Morgan fingerprint density at radius 1 is 0.774 bits per heavy atom. The van der Waals surface area contributed by atoms with Gasteiger partial charge in [-0.05, 0) is 69.3 Å². The number of amides is 1. The molecule has 31 heavy (non-hydrogen) atoms. The maximum absolute atomic E-state index is 11.5. The monoisotopic (exact) mass is 432 g/mol. The van der Waals surface area contributed by atoms with E-state index in [0.717, 1.165) is 11.5 Å². The maximum Gasteiger partial charge on any atom is 0.407 e. The molecule has 0 aromatic heterocycles. The van der Waals surface area contributed by atoms with Crippen molar-refractivity contribution in [2.24, 2.45) is 0 Å². The van der Waals surface area contributed by atoms with Gasteiger partial charge in [-0.3, -0.25) is 0 Å². The highest BCUT2D eigenvalue weighted by Gasteiger charge is 2.14. The van der Waals surface area contributed by atoms with Crippen LogP contribution in [0.2, 0.25) is 0 Å². The number of nitrogen functional groups attached to an aromatic ring is 1. The summed E-state index contributed by atoms with van der Waals surface area (Å²) in [5.74, 6) is 2.17. The molecule has 0 fully saturated rings. The minimum Gasteiger partial charge on any atom is -0.491 e. The molecule has 2 rings (SSSR count). The molecule has 0 unspecified atom stereocenters. The first-order valence-electron chi connectivity index (χ1n) is 10.2. The Labute approximate surface area is 183 Å². The predicted molar refractivity (Wildman–Crippen MR) is 119 cm³/mol. The molecule has 8 heteroatoms. The first-order valence-corrected chi connectivity index (χ1v) is 10.2. The Balaban J connectivity index is 1.47. The summed E-state index contributed by atoms with van der Waals surface area (Å²) >= 11 is 0. The fourth-order valence-electron chi connectivity index (χ4n) is 2.35. The van der Waals surface area contributed by atoms with E-state index in [0.29, 0.717) is 44.5 Å². The molecule has 1 amide bonds. The van der Waals surface area contributed by atoms with Gasteiger partial charge >= 0.3 is 6.09 Å². The van der Waals surface area contributed by atoms with Crippen LogP contribution in [0.3, 0.4) is 0 Å². The van der Waals surface area contributed by atoms with E-state index < -0.39 is 6.09 Å². The lowest BCUT2D eigenvalue weighted by Crippen LogP contribution is -2.41. The van der Waals surface area contributed by atoms with E-state index in [1.54, 1.807) is 12.1 Å². The fourth-order valence-corrected chi connectivity index (χ4v) is 2.35. The van der Waals surface area contributed by atoms with E-state index in [2.05, 4.69) is 5.32 Å². The lowest BCUT2D eigenvalue weighted by Gasteiger charge is -2.19. The lowest BCUT2D eigenvalue weighted by atomic mass is 10.1. The third-order valence-corrected chi connectivity index (χ3v) is 3.75. The van der Waals surface area contributed by atoms with Gasteiger partial charge in [-0.2, -0.15) is 0 Å². The van der Waals surface area contributed by atoms with Crippen LogP contribution in [-0.4, -0.2) is 51.3 Å². The second-order valence-electron chi connectivity index (χ2n) is 7.73. The first kappa shape index (κ1) is 24.3. The molecule has 0 bridgehead atoms. The minimum absolute atomic E-state index is 0.197. The minimum atomic E-state index is -0.450. The Kier molecular flexibility index (Phi) is 9.93. The van der Waals surface area contributed by atoms with Gasteiger partial charge in [0.2, 0.25) is 0 Å². The molecule has 0 radical (unpaired) electrons. The van der Waals surface area contributed by atoms with Crippen LogP contribution >= 0.6 is 0 Å². The van der Waals surface area contributed by atoms with Crippen LogP contribution in [0.25, 0.3) is 0 Å². The standard InChI is InChI=1S/C23H32N2O6/c1-23(2,3)25-22(26)30-17-15-28-13-12-27-14-16-29-19-8-10-21(11-9-19)31-20-6-4-18(24)5-7-20/h4-11H,12-17,24H2,1-3H3,(H,25,26). The molecule has 8 nitrogen and oxygen atoms in total. The molecule has 3 N–H and O–H groups in total. The highest BCUT2D eigenvalue weighted by Crippen LogP contribution is 2.24. The summed E-state index contributed by atoms with van der Waals surface area (Å²) in [6.45, 7) is 7.90. The van der Waals surface area contributed by atoms with Gasteiger partial charge in [0.05, 0.1) is 26.4 Å². The molecule has 0 spiro atoms. The molecule has 170 valence electrons. The quantitative estimate of drug-likeness (QED) is 0.386. The first-order chi connectivity index (χ1) is 14.8. The number of ether oxygens (including phenoxy) is 5. The third kappa shape index (κ3) is 11.1. The van der Waals surface area contributed by atoms with Gasteiger partial charge in [-0.15, -0.1) is 0 Å². The fraction of sp³-hybridized carbons (Fsp3) is 0.435. The van der Waals surface area contributed by atoms with E-state index >= 15 is 0 Å². The Morgan fingerprint density at radius 3 is 1.84 bits per heavy atom. The van der Waals surface area contributed by atoms with Gasteiger partial charge in [0.25, 0.3) is 0 Å². The Morgan fingerprint density at radius 2 is 1.26 bits per heavy atom. The van der Waals surface area contributed by atoms with Crippen molar-refractivity contribution >= 4 is 11.8 Å². The van der Waals surface area contributed by atoms with Crippen molar-refractivity contribution in [1.82, 2.24) is 5.32 Å². The topological polar surface area (TPSA) is 101 Å². The average molecular weight is 433 g/mol. The predicted octanol–water partition coefficient (Wildman–Crippen LogP) is 4.00. The molecule has 2 aromatic carbocycles. The second kappa shape index (κ2) is 12.7. The molecule has 0 aliphatic heterocycles. The number of rotatable bonds is 12. The summed E-state index contributed by atoms with van der Waals surface area (Å²) in [7, 11) is 0. The van der Waals surface area contributed by atoms with Crippen LogP contribution in [-0.2, 0) is 14.2 Å². The molecule has 2 aromatic rings. The largest absolute Gasteiger partial charge is 0.491 e. The van der Waals surface area contributed by atoms with Crippen molar-refractivity contribution in [1.29, 1.82) is 0 Å². The van der Waals surface area contributed by atoms with Crippen molar-refractivity contribution in [2.75, 3.05) is 45.4 Å². The van der Waals surface area contributed by atoms with Gasteiger partial charge in [-0.25, -0.2) is 4.79 Å². The molecule has 0 saturated heterocycles. The SMILES string of the molecule is CC(C)(C)NC(=O)OCCOCCOCCOc1ccc(Oc2ccc(N)cc2)cc1. The van der Waals surface area contributed by atoms with Crippen LogP contribution in [0.4, 0.5) is 10.5 Å². The van der Waals surface area contributed by atoms with Crippen LogP contribution in [0.5, 0.6) is 17.2 Å². The van der Waals surface area contributed by atoms with E-state index in [9.17, 15) is 4.79 Å². The zero-order valence-electron chi connectivity index (χ0n) is 18.4. The van der Waals surface area contributed by atoms with Gasteiger partial charge in [0.15, 0.2) is 0 Å². The van der Waals surface area contributed by atoms with E-state index in [4.69, 9.17) is 29.4 Å². The number of carbonyl (C=O) groups is 1. The van der Waals surface area contributed by atoms with Gasteiger partial charge in [0, 0.05) is 11.2 Å². The number of nitrogens with two attached hydrogens (primary N) is 1. The van der Waals surface area contributed by atoms with Gasteiger partial charge in [-0.1, -0.05) is 0 Å². The van der Waals surface area contributed by atoms with E-state index in [1.807, 2.05) is 57.2 Å².